The number of amides is 1. The van der Waals surface area contributed by atoms with Gasteiger partial charge in [-0.3, -0.25) is 4.79 Å². The summed E-state index contributed by atoms with van der Waals surface area (Å²) in [4.78, 5) is 10.8. The maximum Gasteiger partial charge on any atom is 0.416 e. The van der Waals surface area contributed by atoms with E-state index in [-0.39, 0.29) is 5.56 Å². The number of aliphatic hydroxyl groups excluding tert-OH is 1. The quantitative estimate of drug-likeness (QED) is 0.500. The summed E-state index contributed by atoms with van der Waals surface area (Å²) in [6.07, 6.45) is -5.18. The Hall–Kier alpha value is -2.49. The smallest absolute Gasteiger partial charge is 0.416 e. The zero-order chi connectivity index (χ0) is 14.6. The number of benzene rings is 1. The second kappa shape index (κ2) is 5.44. The SMILES string of the molecule is N#C/C(C(N)=O)=C(/O)Cc1ccccc1C(F)(F)F. The fourth-order valence-electron chi connectivity index (χ4n) is 1.48. The van der Waals surface area contributed by atoms with Gasteiger partial charge in [-0.25, -0.2) is 0 Å². The van der Waals surface area contributed by atoms with Gasteiger partial charge in [-0.15, -0.1) is 0 Å². The lowest BCUT2D eigenvalue weighted by Crippen LogP contribution is -2.16. The van der Waals surface area contributed by atoms with Gasteiger partial charge in [0.25, 0.3) is 5.91 Å². The van der Waals surface area contributed by atoms with Crippen molar-refractivity contribution in [3.63, 3.8) is 0 Å². The van der Waals surface area contributed by atoms with Crippen LogP contribution in [0.1, 0.15) is 11.1 Å². The number of allylic oxidation sites excluding steroid dienone is 1. The molecule has 3 N–H and O–H groups in total. The van der Waals surface area contributed by atoms with Gasteiger partial charge in [0.15, 0.2) is 5.57 Å². The second-order valence-corrected chi connectivity index (χ2v) is 3.63. The first-order valence-electron chi connectivity index (χ1n) is 5.04. The highest BCUT2D eigenvalue weighted by Crippen LogP contribution is 2.32. The summed E-state index contributed by atoms with van der Waals surface area (Å²) < 4.78 is 38.1. The number of halogens is 3. The second-order valence-electron chi connectivity index (χ2n) is 3.63. The highest BCUT2D eigenvalue weighted by Gasteiger charge is 2.33. The highest BCUT2D eigenvalue weighted by atomic mass is 19.4. The summed E-state index contributed by atoms with van der Waals surface area (Å²) in [6, 6.07) is 5.90. The molecule has 0 aliphatic carbocycles. The van der Waals surface area contributed by atoms with Crippen molar-refractivity contribution in [2.75, 3.05) is 0 Å². The summed E-state index contributed by atoms with van der Waals surface area (Å²) in [6.45, 7) is 0. The standard InChI is InChI=1S/C12H9F3N2O2/c13-12(14,15)9-4-2-1-3-7(9)5-10(18)8(6-16)11(17)19/h1-4,18H,5H2,(H2,17,19)/b10-8-. The van der Waals surface area contributed by atoms with Crippen molar-refractivity contribution >= 4 is 5.91 Å². The minimum absolute atomic E-state index is 0.249. The summed E-state index contributed by atoms with van der Waals surface area (Å²) >= 11 is 0. The molecule has 0 unspecified atom stereocenters. The Balaban J connectivity index is 3.22. The van der Waals surface area contributed by atoms with Crippen molar-refractivity contribution in [1.82, 2.24) is 0 Å². The van der Waals surface area contributed by atoms with Crippen LogP contribution in [-0.4, -0.2) is 11.0 Å². The van der Waals surface area contributed by atoms with Gasteiger partial charge in [0.2, 0.25) is 0 Å². The average Bonchev–Trinajstić information content (AvgIpc) is 2.28. The molecule has 1 amide bonds. The molecule has 0 bridgehead atoms. The monoisotopic (exact) mass is 270 g/mol. The van der Waals surface area contributed by atoms with E-state index in [9.17, 15) is 23.1 Å². The Bertz CT molecular complexity index is 571. The number of carbonyl (C=O) groups is 1. The highest BCUT2D eigenvalue weighted by molar-refractivity contribution is 5.96. The van der Waals surface area contributed by atoms with Crippen LogP contribution < -0.4 is 5.73 Å². The molecule has 0 heterocycles. The third-order valence-corrected chi connectivity index (χ3v) is 2.33. The van der Waals surface area contributed by atoms with Crippen LogP contribution in [0.15, 0.2) is 35.6 Å². The minimum atomic E-state index is -4.59. The molecular formula is C12H9F3N2O2. The predicted molar refractivity (Wildman–Crippen MR) is 59.6 cm³/mol. The first-order valence-corrected chi connectivity index (χ1v) is 5.04. The van der Waals surface area contributed by atoms with E-state index in [4.69, 9.17) is 11.0 Å². The number of hydrogen-bond donors (Lipinski definition) is 2. The number of aliphatic hydroxyl groups is 1. The number of nitrogens with two attached hydrogens (primary N) is 1. The number of hydrogen-bond acceptors (Lipinski definition) is 3. The first-order chi connectivity index (χ1) is 8.77. The number of carbonyl (C=O) groups excluding carboxylic acids is 1. The van der Waals surface area contributed by atoms with E-state index in [1.165, 1.54) is 18.2 Å². The molecule has 0 atom stereocenters. The molecule has 19 heavy (non-hydrogen) atoms. The van der Waals surface area contributed by atoms with Crippen LogP contribution in [0.4, 0.5) is 13.2 Å². The summed E-state index contributed by atoms with van der Waals surface area (Å²) in [5.41, 5.74) is 2.88. The van der Waals surface area contributed by atoms with Crippen LogP contribution in [0.2, 0.25) is 0 Å². The van der Waals surface area contributed by atoms with E-state index in [0.717, 1.165) is 12.1 Å². The molecule has 4 nitrogen and oxygen atoms in total. The molecule has 1 aromatic rings. The van der Waals surface area contributed by atoms with Gasteiger partial charge in [-0.2, -0.15) is 18.4 Å². The van der Waals surface area contributed by atoms with Gasteiger partial charge in [-0.1, -0.05) is 18.2 Å². The normalized spacial score (nSPS) is 12.5. The van der Waals surface area contributed by atoms with Gasteiger partial charge in [0.05, 0.1) is 5.56 Å². The van der Waals surface area contributed by atoms with E-state index in [1.54, 1.807) is 0 Å². The first kappa shape index (κ1) is 14.6. The van der Waals surface area contributed by atoms with Crippen LogP contribution in [-0.2, 0) is 17.4 Å². The molecule has 0 fully saturated rings. The van der Waals surface area contributed by atoms with Crippen molar-refractivity contribution in [1.29, 1.82) is 5.26 Å². The maximum atomic E-state index is 12.7. The third kappa shape index (κ3) is 3.48. The Morgan fingerprint density at radius 1 is 1.37 bits per heavy atom. The van der Waals surface area contributed by atoms with E-state index < -0.39 is 35.4 Å². The van der Waals surface area contributed by atoms with Gasteiger partial charge >= 0.3 is 6.18 Å². The zero-order valence-corrected chi connectivity index (χ0v) is 9.53. The Labute approximate surface area is 106 Å². The van der Waals surface area contributed by atoms with Crippen LogP contribution in [0.3, 0.4) is 0 Å². The molecule has 1 aromatic carbocycles. The molecular weight excluding hydrogens is 261 g/mol. The number of primary amides is 1. The maximum absolute atomic E-state index is 12.7. The third-order valence-electron chi connectivity index (χ3n) is 2.33. The summed E-state index contributed by atoms with van der Waals surface area (Å²) in [7, 11) is 0. The van der Waals surface area contributed by atoms with Crippen molar-refractivity contribution in [3.8, 4) is 6.07 Å². The molecule has 7 heteroatoms. The molecule has 0 aliphatic heterocycles. The molecule has 0 spiro atoms. The fraction of sp³-hybridized carbons (Fsp3) is 0.167. The number of nitriles is 1. The van der Waals surface area contributed by atoms with E-state index in [2.05, 4.69) is 0 Å². The molecule has 1 rings (SSSR count). The number of alkyl halides is 3. The lowest BCUT2D eigenvalue weighted by atomic mass is 10.0. The predicted octanol–water partition coefficient (Wildman–Crippen LogP) is 2.07. The van der Waals surface area contributed by atoms with E-state index in [0.29, 0.717) is 0 Å². The van der Waals surface area contributed by atoms with Crippen molar-refractivity contribution in [3.05, 3.63) is 46.7 Å². The van der Waals surface area contributed by atoms with Crippen molar-refractivity contribution in [2.45, 2.75) is 12.6 Å². The topological polar surface area (TPSA) is 87.1 Å². The van der Waals surface area contributed by atoms with Crippen molar-refractivity contribution in [2.24, 2.45) is 5.73 Å². The van der Waals surface area contributed by atoms with Crippen molar-refractivity contribution < 1.29 is 23.1 Å². The number of nitrogens with zero attached hydrogens (tertiary/aromatic N) is 1. The summed E-state index contributed by atoms with van der Waals surface area (Å²) in [5.74, 6) is -1.98. The largest absolute Gasteiger partial charge is 0.510 e. The molecule has 0 saturated carbocycles. The lowest BCUT2D eigenvalue weighted by Gasteiger charge is -2.12. The van der Waals surface area contributed by atoms with Gasteiger partial charge in [0, 0.05) is 6.42 Å². The van der Waals surface area contributed by atoms with E-state index in [1.807, 2.05) is 0 Å². The van der Waals surface area contributed by atoms with Crippen LogP contribution in [0, 0.1) is 11.3 Å². The minimum Gasteiger partial charge on any atom is -0.510 e. The molecule has 0 aromatic heterocycles. The summed E-state index contributed by atoms with van der Waals surface area (Å²) in [5, 5.41) is 18.1. The molecule has 0 radical (unpaired) electrons. The zero-order valence-electron chi connectivity index (χ0n) is 9.53. The molecule has 0 aliphatic rings. The Kier molecular flexibility index (Phi) is 4.17. The molecule has 0 saturated heterocycles. The average molecular weight is 270 g/mol. The van der Waals surface area contributed by atoms with E-state index >= 15 is 0 Å². The Morgan fingerprint density at radius 2 is 1.95 bits per heavy atom. The van der Waals surface area contributed by atoms with Crippen LogP contribution >= 0.6 is 0 Å². The molecule has 100 valence electrons. The lowest BCUT2D eigenvalue weighted by molar-refractivity contribution is -0.138. The van der Waals surface area contributed by atoms with Gasteiger partial charge in [0.1, 0.15) is 11.8 Å². The van der Waals surface area contributed by atoms with Crippen LogP contribution in [0.5, 0.6) is 0 Å². The Morgan fingerprint density at radius 3 is 2.42 bits per heavy atom. The van der Waals surface area contributed by atoms with Gasteiger partial charge < -0.3 is 10.8 Å². The number of rotatable bonds is 3. The van der Waals surface area contributed by atoms with Gasteiger partial charge in [-0.05, 0) is 11.6 Å². The van der Waals surface area contributed by atoms with Crippen LogP contribution in [0.25, 0.3) is 0 Å². The fourth-order valence-corrected chi connectivity index (χ4v) is 1.48.